The van der Waals surface area contributed by atoms with E-state index in [0.29, 0.717) is 0 Å². The molecule has 0 amide bonds. The van der Waals surface area contributed by atoms with Gasteiger partial charge in [-0.3, -0.25) is 0 Å². The fourth-order valence-electron chi connectivity index (χ4n) is 2.66. The van der Waals surface area contributed by atoms with Gasteiger partial charge >= 0.3 is 0 Å². The van der Waals surface area contributed by atoms with E-state index in [1.165, 1.54) is 0 Å². The zero-order valence-electron chi connectivity index (χ0n) is 11.9. The standard InChI is InChI=1S/C15H20O4S/c1-9-11(16)12-13(19-15(2,3)18-12)14(17-9)20-10-7-5-4-6-8-10/h4-9,11-14,16H,1-3H3/t9?,11-,12?,13?,14+/m1/s1. The van der Waals surface area contributed by atoms with Crippen molar-refractivity contribution in [3.63, 3.8) is 0 Å². The lowest BCUT2D eigenvalue weighted by molar-refractivity contribution is -0.159. The molecule has 0 spiro atoms. The summed E-state index contributed by atoms with van der Waals surface area (Å²) in [5.74, 6) is -0.681. The van der Waals surface area contributed by atoms with Crippen LogP contribution in [0, 0.1) is 0 Å². The largest absolute Gasteiger partial charge is 0.388 e. The lowest BCUT2D eigenvalue weighted by Crippen LogP contribution is -2.54. The van der Waals surface area contributed by atoms with Crippen molar-refractivity contribution in [2.75, 3.05) is 0 Å². The van der Waals surface area contributed by atoms with Gasteiger partial charge in [-0.15, -0.1) is 0 Å². The Balaban J connectivity index is 1.80. The van der Waals surface area contributed by atoms with Crippen LogP contribution in [-0.4, -0.2) is 40.7 Å². The van der Waals surface area contributed by atoms with Crippen LogP contribution in [0.3, 0.4) is 0 Å². The van der Waals surface area contributed by atoms with Gasteiger partial charge in [0.15, 0.2) is 5.79 Å². The van der Waals surface area contributed by atoms with Crippen LogP contribution in [-0.2, 0) is 14.2 Å². The summed E-state index contributed by atoms with van der Waals surface area (Å²) in [7, 11) is 0. The maximum absolute atomic E-state index is 10.2. The fourth-order valence-corrected chi connectivity index (χ4v) is 3.81. The zero-order chi connectivity index (χ0) is 14.3. The number of hydrogen-bond donors (Lipinski definition) is 1. The molecule has 5 heteroatoms. The molecule has 0 aliphatic carbocycles. The molecule has 0 bridgehead atoms. The SMILES string of the molecule is CC1O[C@@H](Sc2ccccc2)C2OC(C)(C)OC2[C@@H]1O. The Morgan fingerprint density at radius 2 is 1.75 bits per heavy atom. The summed E-state index contributed by atoms with van der Waals surface area (Å²) in [5.41, 5.74) is -0.178. The molecule has 3 rings (SSSR count). The fraction of sp³-hybridized carbons (Fsp3) is 0.600. The van der Waals surface area contributed by atoms with Crippen molar-refractivity contribution >= 4 is 11.8 Å². The lowest BCUT2D eigenvalue weighted by Gasteiger charge is -2.38. The van der Waals surface area contributed by atoms with E-state index in [1.807, 2.05) is 51.1 Å². The first kappa shape index (κ1) is 14.4. The Labute approximate surface area is 123 Å². The van der Waals surface area contributed by atoms with Gasteiger partial charge in [-0.2, -0.15) is 0 Å². The normalized spacial score (nSPS) is 39.5. The van der Waals surface area contributed by atoms with Gasteiger partial charge in [0.25, 0.3) is 0 Å². The van der Waals surface area contributed by atoms with Gasteiger partial charge in [-0.25, -0.2) is 0 Å². The summed E-state index contributed by atoms with van der Waals surface area (Å²) in [6, 6.07) is 10.1. The number of hydrogen-bond acceptors (Lipinski definition) is 5. The van der Waals surface area contributed by atoms with E-state index in [0.717, 1.165) is 4.90 Å². The van der Waals surface area contributed by atoms with E-state index >= 15 is 0 Å². The van der Waals surface area contributed by atoms with Crippen LogP contribution in [0.4, 0.5) is 0 Å². The zero-order valence-corrected chi connectivity index (χ0v) is 12.7. The highest BCUT2D eigenvalue weighted by Gasteiger charge is 2.54. The second-order valence-corrected chi connectivity index (χ2v) is 6.87. The highest BCUT2D eigenvalue weighted by atomic mass is 32.2. The number of benzene rings is 1. The predicted molar refractivity (Wildman–Crippen MR) is 76.5 cm³/mol. The van der Waals surface area contributed by atoms with Crippen molar-refractivity contribution in [1.29, 1.82) is 0 Å². The molecule has 2 saturated heterocycles. The van der Waals surface area contributed by atoms with Crippen molar-refractivity contribution in [1.82, 2.24) is 0 Å². The molecule has 0 aromatic heterocycles. The van der Waals surface area contributed by atoms with Crippen LogP contribution in [0.1, 0.15) is 20.8 Å². The van der Waals surface area contributed by atoms with Crippen LogP contribution < -0.4 is 0 Å². The van der Waals surface area contributed by atoms with Gasteiger partial charge in [0.2, 0.25) is 0 Å². The second kappa shape index (κ2) is 5.31. The van der Waals surface area contributed by atoms with Crippen molar-refractivity contribution in [3.8, 4) is 0 Å². The molecule has 110 valence electrons. The number of rotatable bonds is 2. The van der Waals surface area contributed by atoms with Crippen LogP contribution in [0.25, 0.3) is 0 Å². The van der Waals surface area contributed by atoms with E-state index in [-0.39, 0.29) is 23.7 Å². The highest BCUT2D eigenvalue weighted by Crippen LogP contribution is 2.42. The Morgan fingerprint density at radius 3 is 2.45 bits per heavy atom. The van der Waals surface area contributed by atoms with E-state index in [2.05, 4.69) is 0 Å². The first-order chi connectivity index (χ1) is 9.46. The minimum Gasteiger partial charge on any atom is -0.388 e. The third-order valence-electron chi connectivity index (χ3n) is 3.59. The first-order valence-corrected chi connectivity index (χ1v) is 7.75. The molecule has 2 aliphatic heterocycles. The molecule has 1 aromatic rings. The molecule has 0 saturated carbocycles. The van der Waals surface area contributed by atoms with E-state index in [4.69, 9.17) is 14.2 Å². The van der Waals surface area contributed by atoms with Crippen molar-refractivity contribution in [2.24, 2.45) is 0 Å². The Morgan fingerprint density at radius 1 is 1.10 bits per heavy atom. The number of aliphatic hydroxyl groups excluding tert-OH is 1. The molecule has 3 unspecified atom stereocenters. The van der Waals surface area contributed by atoms with E-state index in [9.17, 15) is 5.11 Å². The van der Waals surface area contributed by atoms with Gasteiger partial charge in [-0.05, 0) is 32.9 Å². The van der Waals surface area contributed by atoms with Crippen LogP contribution in [0.5, 0.6) is 0 Å². The molecule has 5 atom stereocenters. The molecule has 20 heavy (non-hydrogen) atoms. The van der Waals surface area contributed by atoms with E-state index in [1.54, 1.807) is 11.8 Å². The number of thioether (sulfide) groups is 1. The molecule has 1 N–H and O–H groups in total. The number of aliphatic hydroxyl groups is 1. The monoisotopic (exact) mass is 296 g/mol. The minimum atomic E-state index is -0.681. The van der Waals surface area contributed by atoms with Gasteiger partial charge in [0.1, 0.15) is 23.7 Å². The lowest BCUT2D eigenvalue weighted by atomic mass is 10.0. The average molecular weight is 296 g/mol. The van der Waals surface area contributed by atoms with Gasteiger partial charge in [0, 0.05) is 4.90 Å². The summed E-state index contributed by atoms with van der Waals surface area (Å²) >= 11 is 1.61. The third kappa shape index (κ3) is 2.73. The Hall–Kier alpha value is -0.590. The number of fused-ring (bicyclic) bond motifs is 1. The maximum atomic E-state index is 10.2. The summed E-state index contributed by atoms with van der Waals surface area (Å²) in [4.78, 5) is 1.12. The maximum Gasteiger partial charge on any atom is 0.164 e. The number of ether oxygens (including phenoxy) is 3. The van der Waals surface area contributed by atoms with Crippen molar-refractivity contribution < 1.29 is 19.3 Å². The summed E-state index contributed by atoms with van der Waals surface area (Å²) < 4.78 is 17.7. The summed E-state index contributed by atoms with van der Waals surface area (Å²) in [6.45, 7) is 5.61. The molecule has 2 aliphatic rings. The first-order valence-electron chi connectivity index (χ1n) is 6.87. The van der Waals surface area contributed by atoms with Gasteiger partial charge in [-0.1, -0.05) is 30.0 Å². The molecular formula is C15H20O4S. The predicted octanol–water partition coefficient (Wildman–Crippen LogP) is 2.40. The van der Waals surface area contributed by atoms with Crippen LogP contribution in [0.15, 0.2) is 35.2 Å². The molecular weight excluding hydrogens is 276 g/mol. The summed E-state index contributed by atoms with van der Waals surface area (Å²) in [5, 5.41) is 10.2. The van der Waals surface area contributed by atoms with Crippen LogP contribution >= 0.6 is 11.8 Å². The Kier molecular flexibility index (Phi) is 3.81. The van der Waals surface area contributed by atoms with Gasteiger partial charge in [0.05, 0.1) is 6.10 Å². The smallest absolute Gasteiger partial charge is 0.164 e. The molecule has 1 aromatic carbocycles. The summed E-state index contributed by atoms with van der Waals surface area (Å²) in [6.07, 6.45) is -1.53. The third-order valence-corrected chi connectivity index (χ3v) is 4.75. The van der Waals surface area contributed by atoms with Crippen molar-refractivity contribution in [2.45, 2.75) is 61.3 Å². The van der Waals surface area contributed by atoms with E-state index < -0.39 is 11.9 Å². The second-order valence-electron chi connectivity index (χ2n) is 5.70. The van der Waals surface area contributed by atoms with Crippen LogP contribution in [0.2, 0.25) is 0 Å². The highest BCUT2D eigenvalue weighted by molar-refractivity contribution is 7.99. The Bertz CT molecular complexity index is 464. The topological polar surface area (TPSA) is 47.9 Å². The quantitative estimate of drug-likeness (QED) is 0.908. The minimum absolute atomic E-state index is 0.178. The average Bonchev–Trinajstić information content (AvgIpc) is 2.73. The molecule has 2 fully saturated rings. The van der Waals surface area contributed by atoms with Crippen molar-refractivity contribution in [3.05, 3.63) is 30.3 Å². The molecule has 0 radical (unpaired) electrons. The molecule has 2 heterocycles. The van der Waals surface area contributed by atoms with Gasteiger partial charge < -0.3 is 19.3 Å². The molecule has 4 nitrogen and oxygen atoms in total.